The lowest BCUT2D eigenvalue weighted by Gasteiger charge is -2.05. The molecule has 0 saturated heterocycles. The Labute approximate surface area is 204 Å². The number of hydrogen-bond acceptors (Lipinski definition) is 4. The van der Waals surface area contributed by atoms with E-state index in [0.29, 0.717) is 19.3 Å². The van der Waals surface area contributed by atoms with Crippen LogP contribution < -0.4 is 0 Å². The third kappa shape index (κ3) is 6.17. The molecule has 34 heavy (non-hydrogen) atoms. The molecule has 0 atom stereocenters. The van der Waals surface area contributed by atoms with Gasteiger partial charge in [0.1, 0.15) is 10.8 Å². The van der Waals surface area contributed by atoms with Gasteiger partial charge in [0, 0.05) is 6.42 Å². The highest BCUT2D eigenvalue weighted by Crippen LogP contribution is 2.29. The zero-order valence-corrected chi connectivity index (χ0v) is 20.2. The van der Waals surface area contributed by atoms with Crippen molar-refractivity contribution in [2.75, 3.05) is 0 Å². The number of hydrogen-bond donors (Lipinski definition) is 1. The first-order chi connectivity index (χ1) is 16.5. The molecular weight excluding hydrogens is 442 g/mol. The summed E-state index contributed by atoms with van der Waals surface area (Å²) in [6, 6.07) is 21.9. The van der Waals surface area contributed by atoms with Crippen molar-refractivity contribution in [2.24, 2.45) is 0 Å². The number of Topliss-reactive ketones (excluding diaryl/α,β-unsaturated/α-hetero) is 1. The molecule has 4 rings (SSSR count). The van der Waals surface area contributed by atoms with Gasteiger partial charge in [-0.1, -0.05) is 62.2 Å². The van der Waals surface area contributed by atoms with Gasteiger partial charge in [-0.25, -0.2) is 9.78 Å². The Morgan fingerprint density at radius 3 is 2.44 bits per heavy atom. The summed E-state index contributed by atoms with van der Waals surface area (Å²) < 4.78 is 1.08. The number of unbranched alkanes of at least 4 members (excludes halogenated alkanes) is 2. The molecule has 0 radical (unpaired) electrons. The lowest BCUT2D eigenvalue weighted by molar-refractivity contribution is -0.118. The minimum atomic E-state index is -0.954. The van der Waals surface area contributed by atoms with Gasteiger partial charge in [0.2, 0.25) is 0 Å². The zero-order chi connectivity index (χ0) is 23.9. The van der Waals surface area contributed by atoms with Crippen molar-refractivity contribution in [2.45, 2.75) is 51.9 Å². The summed E-state index contributed by atoms with van der Waals surface area (Å²) in [5.41, 5.74) is 5.76. The van der Waals surface area contributed by atoms with E-state index < -0.39 is 5.97 Å². The molecule has 3 aromatic carbocycles. The Morgan fingerprint density at radius 2 is 1.68 bits per heavy atom. The van der Waals surface area contributed by atoms with Gasteiger partial charge < -0.3 is 5.11 Å². The van der Waals surface area contributed by atoms with Crippen LogP contribution in [-0.4, -0.2) is 21.8 Å². The fourth-order valence-electron chi connectivity index (χ4n) is 4.07. The predicted molar refractivity (Wildman–Crippen MR) is 139 cm³/mol. The molecule has 4 nitrogen and oxygen atoms in total. The molecule has 4 aromatic rings. The van der Waals surface area contributed by atoms with Gasteiger partial charge >= 0.3 is 5.97 Å². The number of carbonyl (C=O) groups is 2. The van der Waals surface area contributed by atoms with Crippen LogP contribution in [0.5, 0.6) is 0 Å². The normalized spacial score (nSPS) is 11.1. The molecule has 0 spiro atoms. The van der Waals surface area contributed by atoms with Gasteiger partial charge in [-0.3, -0.25) is 4.79 Å². The first kappa shape index (κ1) is 23.8. The number of aromatic carboxylic acids is 1. The summed E-state index contributed by atoms with van der Waals surface area (Å²) >= 11 is 1.57. The molecule has 0 fully saturated rings. The van der Waals surface area contributed by atoms with Crippen molar-refractivity contribution in [3.63, 3.8) is 0 Å². The van der Waals surface area contributed by atoms with Crippen LogP contribution in [0.15, 0.2) is 66.7 Å². The van der Waals surface area contributed by atoms with Gasteiger partial charge in [0.25, 0.3) is 0 Å². The van der Waals surface area contributed by atoms with Crippen molar-refractivity contribution < 1.29 is 14.7 Å². The summed E-state index contributed by atoms with van der Waals surface area (Å²) in [7, 11) is 0. The quantitative estimate of drug-likeness (QED) is 0.236. The number of rotatable bonds is 11. The highest BCUT2D eigenvalue weighted by molar-refractivity contribution is 7.18. The van der Waals surface area contributed by atoms with Crippen LogP contribution in [0.3, 0.4) is 0 Å². The molecule has 0 unspecified atom stereocenters. The molecule has 0 bridgehead atoms. The van der Waals surface area contributed by atoms with E-state index in [1.54, 1.807) is 29.5 Å². The number of carboxylic acid groups (broad SMARTS) is 1. The lowest BCUT2D eigenvalue weighted by Crippen LogP contribution is -2.05. The second-order valence-corrected chi connectivity index (χ2v) is 9.78. The minimum Gasteiger partial charge on any atom is -0.478 e. The fourth-order valence-corrected chi connectivity index (χ4v) is 5.11. The SMILES string of the molecule is CCCCCc1ccc(-c2ccc3nc(CC(=O)CCc4cccc(C(=O)O)c4)sc3c2)cc1. The monoisotopic (exact) mass is 471 g/mol. The van der Waals surface area contributed by atoms with Crippen molar-refractivity contribution in [1.29, 1.82) is 0 Å². The molecule has 174 valence electrons. The Hall–Kier alpha value is -3.31. The molecule has 0 aliphatic carbocycles. The van der Waals surface area contributed by atoms with Gasteiger partial charge in [-0.05, 0) is 65.8 Å². The predicted octanol–water partition coefficient (Wildman–Crippen LogP) is 7.14. The van der Waals surface area contributed by atoms with Crippen LogP contribution in [0, 0.1) is 0 Å². The number of ketones is 1. The molecule has 0 aliphatic heterocycles. The first-order valence-corrected chi connectivity index (χ1v) is 12.7. The van der Waals surface area contributed by atoms with Crippen molar-refractivity contribution in [1.82, 2.24) is 4.98 Å². The Balaban J connectivity index is 1.38. The average molecular weight is 472 g/mol. The van der Waals surface area contributed by atoms with Crippen LogP contribution in [0.2, 0.25) is 0 Å². The largest absolute Gasteiger partial charge is 0.478 e. The van der Waals surface area contributed by atoms with Crippen LogP contribution >= 0.6 is 11.3 Å². The maximum atomic E-state index is 12.5. The number of thiazole rings is 1. The number of carbonyl (C=O) groups excluding carboxylic acids is 1. The zero-order valence-electron chi connectivity index (χ0n) is 19.4. The van der Waals surface area contributed by atoms with Gasteiger partial charge in [-0.15, -0.1) is 11.3 Å². The Kier molecular flexibility index (Phi) is 7.86. The summed E-state index contributed by atoms with van der Waals surface area (Å²) in [6.07, 6.45) is 6.08. The highest BCUT2D eigenvalue weighted by Gasteiger charge is 2.11. The minimum absolute atomic E-state index is 0.110. The maximum Gasteiger partial charge on any atom is 0.335 e. The lowest BCUT2D eigenvalue weighted by atomic mass is 10.0. The second kappa shape index (κ2) is 11.2. The number of aryl methyl sites for hydroxylation is 2. The average Bonchev–Trinajstić information content (AvgIpc) is 3.25. The maximum absolute atomic E-state index is 12.5. The topological polar surface area (TPSA) is 67.3 Å². The summed E-state index contributed by atoms with van der Waals surface area (Å²) in [5, 5.41) is 9.94. The number of aromatic nitrogens is 1. The van der Waals surface area contributed by atoms with Gasteiger partial charge in [0.05, 0.1) is 22.2 Å². The number of fused-ring (bicyclic) bond motifs is 1. The Morgan fingerprint density at radius 1 is 0.882 bits per heavy atom. The van der Waals surface area contributed by atoms with E-state index in [0.717, 1.165) is 32.8 Å². The van der Waals surface area contributed by atoms with Crippen molar-refractivity contribution in [3.05, 3.63) is 88.4 Å². The van der Waals surface area contributed by atoms with Crippen LogP contribution in [0.25, 0.3) is 21.3 Å². The van der Waals surface area contributed by atoms with E-state index in [4.69, 9.17) is 5.11 Å². The Bertz CT molecular complexity index is 1290. The van der Waals surface area contributed by atoms with Crippen LogP contribution in [0.4, 0.5) is 0 Å². The standard InChI is InChI=1S/C29H29NO3S/c1-2-3-4-6-20-9-12-22(13-10-20)23-14-16-26-27(18-23)34-28(30-26)19-25(31)15-11-21-7-5-8-24(17-21)29(32)33/h5,7-10,12-14,16-18H,2-4,6,11,15,19H2,1H3,(H,32,33). The number of benzene rings is 3. The smallest absolute Gasteiger partial charge is 0.335 e. The van der Waals surface area contributed by atoms with Gasteiger partial charge in [0.15, 0.2) is 0 Å². The summed E-state index contributed by atoms with van der Waals surface area (Å²) in [4.78, 5) is 28.3. The number of carboxylic acids is 1. The third-order valence-corrected chi connectivity index (χ3v) is 7.02. The first-order valence-electron chi connectivity index (χ1n) is 11.8. The molecule has 1 heterocycles. The van der Waals surface area contributed by atoms with Crippen molar-refractivity contribution >= 4 is 33.3 Å². The van der Waals surface area contributed by atoms with E-state index in [-0.39, 0.29) is 11.3 Å². The fraction of sp³-hybridized carbons (Fsp3) is 0.276. The summed E-state index contributed by atoms with van der Waals surface area (Å²) in [5.74, 6) is -0.844. The van der Waals surface area contributed by atoms with Crippen LogP contribution in [0.1, 0.15) is 59.1 Å². The number of nitrogens with zero attached hydrogens (tertiary/aromatic N) is 1. The molecule has 0 aliphatic rings. The van der Waals surface area contributed by atoms with Crippen molar-refractivity contribution in [3.8, 4) is 11.1 Å². The van der Waals surface area contributed by atoms with E-state index >= 15 is 0 Å². The van der Waals surface area contributed by atoms with Crippen LogP contribution in [-0.2, 0) is 24.1 Å². The second-order valence-electron chi connectivity index (χ2n) is 8.67. The molecule has 0 saturated carbocycles. The van der Waals surface area contributed by atoms with E-state index in [2.05, 4.69) is 48.3 Å². The molecule has 1 N–H and O–H groups in total. The summed E-state index contributed by atoms with van der Waals surface area (Å²) in [6.45, 7) is 2.23. The van der Waals surface area contributed by atoms with E-state index in [1.807, 2.05) is 12.1 Å². The third-order valence-electron chi connectivity index (χ3n) is 6.00. The molecule has 5 heteroatoms. The molecular formula is C29H29NO3S. The molecule has 1 aromatic heterocycles. The molecule has 0 amide bonds. The van der Waals surface area contributed by atoms with E-state index in [1.165, 1.54) is 30.4 Å². The van der Waals surface area contributed by atoms with Gasteiger partial charge in [-0.2, -0.15) is 0 Å². The van der Waals surface area contributed by atoms with E-state index in [9.17, 15) is 9.59 Å². The highest BCUT2D eigenvalue weighted by atomic mass is 32.1.